The minimum absolute atomic E-state index is 0.650. The molecule has 0 unspecified atom stereocenters. The topological polar surface area (TPSA) is 67.3 Å². The maximum Gasteiger partial charge on any atom is 0.0568 e. The first-order valence-corrected chi connectivity index (χ1v) is 6.80. The van der Waals surface area contributed by atoms with Crippen molar-refractivity contribution in [3.8, 4) is 0 Å². The maximum absolute atomic E-state index is 5.79. The number of hydrogen-bond acceptors (Lipinski definition) is 4. The van der Waals surface area contributed by atoms with Gasteiger partial charge in [-0.05, 0) is 56.6 Å². The predicted octanol–water partition coefficient (Wildman–Crippen LogP) is 1.99. The third kappa shape index (κ3) is 3.29. The summed E-state index contributed by atoms with van der Waals surface area (Å²) in [6.45, 7) is 6.89. The lowest BCUT2D eigenvalue weighted by Gasteiger charge is -2.31. The highest BCUT2D eigenvalue weighted by atomic mass is 15.1. The number of nitrogens with two attached hydrogens (primary N) is 2. The Kier molecular flexibility index (Phi) is 4.31. The van der Waals surface area contributed by atoms with Crippen LogP contribution >= 0.6 is 0 Å². The average molecular weight is 248 g/mol. The van der Waals surface area contributed by atoms with Gasteiger partial charge < -0.3 is 21.7 Å². The second-order valence-electron chi connectivity index (χ2n) is 5.10. The van der Waals surface area contributed by atoms with E-state index in [4.69, 9.17) is 11.5 Å². The number of benzene rings is 1. The van der Waals surface area contributed by atoms with Crippen molar-refractivity contribution in [3.63, 3.8) is 0 Å². The van der Waals surface area contributed by atoms with Crippen LogP contribution < -0.4 is 16.8 Å². The second kappa shape index (κ2) is 5.96. The average Bonchev–Trinajstić information content (AvgIpc) is 2.41. The molecule has 1 saturated heterocycles. The molecule has 2 rings (SSSR count). The van der Waals surface area contributed by atoms with Crippen LogP contribution in [0.15, 0.2) is 18.2 Å². The molecule has 0 aromatic heterocycles. The van der Waals surface area contributed by atoms with Crippen molar-refractivity contribution in [2.45, 2.75) is 19.8 Å². The van der Waals surface area contributed by atoms with Crippen LogP contribution in [0.5, 0.6) is 0 Å². The van der Waals surface area contributed by atoms with E-state index in [0.29, 0.717) is 11.4 Å². The van der Waals surface area contributed by atoms with Crippen molar-refractivity contribution >= 4 is 17.1 Å². The summed E-state index contributed by atoms with van der Waals surface area (Å²) >= 11 is 0. The SMILES string of the molecule is CCN1CCC(CNc2ccc(N)c(N)c2)CC1. The minimum atomic E-state index is 0.650. The van der Waals surface area contributed by atoms with Gasteiger partial charge in [-0.1, -0.05) is 6.92 Å². The van der Waals surface area contributed by atoms with Crippen LogP contribution in [0, 0.1) is 5.92 Å². The molecule has 1 aliphatic heterocycles. The molecule has 1 aromatic carbocycles. The number of nitrogen functional groups attached to an aromatic ring is 2. The fourth-order valence-electron chi connectivity index (χ4n) is 2.45. The Labute approximate surface area is 109 Å². The van der Waals surface area contributed by atoms with Crippen molar-refractivity contribution in [2.24, 2.45) is 5.92 Å². The summed E-state index contributed by atoms with van der Waals surface area (Å²) < 4.78 is 0. The molecular formula is C14H24N4. The Morgan fingerprint density at radius 3 is 2.56 bits per heavy atom. The van der Waals surface area contributed by atoms with Crippen molar-refractivity contribution in [1.29, 1.82) is 0 Å². The Bertz CT molecular complexity index is 383. The molecule has 0 saturated carbocycles. The second-order valence-corrected chi connectivity index (χ2v) is 5.10. The summed E-state index contributed by atoms with van der Waals surface area (Å²) in [5, 5.41) is 3.46. The van der Waals surface area contributed by atoms with E-state index < -0.39 is 0 Å². The molecule has 4 heteroatoms. The minimum Gasteiger partial charge on any atom is -0.397 e. The molecular weight excluding hydrogens is 224 g/mol. The van der Waals surface area contributed by atoms with E-state index in [1.165, 1.54) is 32.5 Å². The molecule has 0 amide bonds. The molecule has 0 bridgehead atoms. The van der Waals surface area contributed by atoms with E-state index in [1.807, 2.05) is 18.2 Å². The number of anilines is 3. The lowest BCUT2D eigenvalue weighted by Crippen LogP contribution is -2.35. The van der Waals surface area contributed by atoms with Crippen LogP contribution in [0.1, 0.15) is 19.8 Å². The fraction of sp³-hybridized carbons (Fsp3) is 0.571. The van der Waals surface area contributed by atoms with Crippen LogP contribution in [-0.4, -0.2) is 31.1 Å². The summed E-state index contributed by atoms with van der Waals surface area (Å²) in [5.41, 5.74) is 13.9. The van der Waals surface area contributed by atoms with E-state index in [-0.39, 0.29) is 0 Å². The van der Waals surface area contributed by atoms with E-state index in [2.05, 4.69) is 17.1 Å². The van der Waals surface area contributed by atoms with Gasteiger partial charge in [0.25, 0.3) is 0 Å². The predicted molar refractivity (Wildman–Crippen MR) is 78.6 cm³/mol. The van der Waals surface area contributed by atoms with Crippen molar-refractivity contribution in [1.82, 2.24) is 4.90 Å². The van der Waals surface area contributed by atoms with E-state index in [1.54, 1.807) is 0 Å². The molecule has 4 nitrogen and oxygen atoms in total. The first kappa shape index (κ1) is 13.0. The number of nitrogens with zero attached hydrogens (tertiary/aromatic N) is 1. The quantitative estimate of drug-likeness (QED) is 0.713. The van der Waals surface area contributed by atoms with Crippen LogP contribution in [0.2, 0.25) is 0 Å². The van der Waals surface area contributed by atoms with Gasteiger partial charge in [-0.25, -0.2) is 0 Å². The largest absolute Gasteiger partial charge is 0.397 e. The Balaban J connectivity index is 1.79. The number of likely N-dealkylation sites (tertiary alicyclic amines) is 1. The first-order chi connectivity index (χ1) is 8.69. The smallest absolute Gasteiger partial charge is 0.0568 e. The molecule has 1 fully saturated rings. The monoisotopic (exact) mass is 248 g/mol. The van der Waals surface area contributed by atoms with Gasteiger partial charge in [0.2, 0.25) is 0 Å². The molecule has 5 N–H and O–H groups in total. The molecule has 0 radical (unpaired) electrons. The van der Waals surface area contributed by atoms with Gasteiger partial charge in [-0.3, -0.25) is 0 Å². The van der Waals surface area contributed by atoms with Gasteiger partial charge in [0, 0.05) is 12.2 Å². The number of hydrogen-bond donors (Lipinski definition) is 3. The van der Waals surface area contributed by atoms with E-state index >= 15 is 0 Å². The lowest BCUT2D eigenvalue weighted by atomic mass is 9.97. The molecule has 1 aromatic rings. The zero-order chi connectivity index (χ0) is 13.0. The molecule has 1 aliphatic rings. The third-order valence-electron chi connectivity index (χ3n) is 3.84. The molecule has 0 atom stereocenters. The van der Waals surface area contributed by atoms with Gasteiger partial charge in [-0.2, -0.15) is 0 Å². The summed E-state index contributed by atoms with van der Waals surface area (Å²) in [7, 11) is 0. The zero-order valence-corrected chi connectivity index (χ0v) is 11.2. The Morgan fingerprint density at radius 1 is 1.22 bits per heavy atom. The van der Waals surface area contributed by atoms with Crippen LogP contribution in [0.3, 0.4) is 0 Å². The molecule has 18 heavy (non-hydrogen) atoms. The first-order valence-electron chi connectivity index (χ1n) is 6.80. The van der Waals surface area contributed by atoms with Crippen LogP contribution in [0.4, 0.5) is 17.1 Å². The van der Waals surface area contributed by atoms with Crippen LogP contribution in [0.25, 0.3) is 0 Å². The normalized spacial score (nSPS) is 17.8. The number of nitrogens with one attached hydrogen (secondary N) is 1. The van der Waals surface area contributed by atoms with Crippen molar-refractivity contribution in [3.05, 3.63) is 18.2 Å². The fourth-order valence-corrected chi connectivity index (χ4v) is 2.45. The molecule has 100 valence electrons. The van der Waals surface area contributed by atoms with E-state index in [0.717, 1.165) is 18.2 Å². The lowest BCUT2D eigenvalue weighted by molar-refractivity contribution is 0.198. The number of piperidine rings is 1. The summed E-state index contributed by atoms with van der Waals surface area (Å²) in [6.07, 6.45) is 2.57. The van der Waals surface area contributed by atoms with E-state index in [9.17, 15) is 0 Å². The zero-order valence-electron chi connectivity index (χ0n) is 11.2. The summed E-state index contributed by atoms with van der Waals surface area (Å²) in [5.74, 6) is 0.770. The Morgan fingerprint density at radius 2 is 1.94 bits per heavy atom. The van der Waals surface area contributed by atoms with Gasteiger partial charge >= 0.3 is 0 Å². The molecule has 1 heterocycles. The van der Waals surface area contributed by atoms with Crippen molar-refractivity contribution in [2.75, 3.05) is 43.0 Å². The van der Waals surface area contributed by atoms with Crippen molar-refractivity contribution < 1.29 is 0 Å². The van der Waals surface area contributed by atoms with Gasteiger partial charge in [0.15, 0.2) is 0 Å². The summed E-state index contributed by atoms with van der Waals surface area (Å²) in [6, 6.07) is 5.76. The molecule has 0 aliphatic carbocycles. The Hall–Kier alpha value is -1.42. The standard InChI is InChI=1S/C14H24N4/c1-2-18-7-5-11(6-8-18)10-17-12-3-4-13(15)14(16)9-12/h3-4,9,11,17H,2,5-8,10,15-16H2,1H3. The molecule has 0 spiro atoms. The van der Waals surface area contributed by atoms with Crippen LogP contribution in [-0.2, 0) is 0 Å². The highest BCUT2D eigenvalue weighted by molar-refractivity contribution is 5.69. The highest BCUT2D eigenvalue weighted by Crippen LogP contribution is 2.21. The van der Waals surface area contributed by atoms with Gasteiger partial charge in [-0.15, -0.1) is 0 Å². The highest BCUT2D eigenvalue weighted by Gasteiger charge is 2.17. The maximum atomic E-state index is 5.79. The van der Waals surface area contributed by atoms with Gasteiger partial charge in [0.1, 0.15) is 0 Å². The number of rotatable bonds is 4. The van der Waals surface area contributed by atoms with Gasteiger partial charge in [0.05, 0.1) is 11.4 Å². The summed E-state index contributed by atoms with van der Waals surface area (Å²) in [4.78, 5) is 2.51. The third-order valence-corrected chi connectivity index (χ3v) is 3.84.